The molecule has 1 fully saturated rings. The van der Waals surface area contributed by atoms with Crippen molar-refractivity contribution in [1.29, 1.82) is 0 Å². The van der Waals surface area contributed by atoms with Crippen molar-refractivity contribution in [3.63, 3.8) is 0 Å². The smallest absolute Gasteiger partial charge is 0.0207 e. The monoisotopic (exact) mass is 315 g/mol. The van der Waals surface area contributed by atoms with Gasteiger partial charge in [0, 0.05) is 42.3 Å². The van der Waals surface area contributed by atoms with Crippen molar-refractivity contribution in [1.82, 2.24) is 0 Å². The van der Waals surface area contributed by atoms with Gasteiger partial charge in [-0.1, -0.05) is 6.42 Å². The molecule has 7 atom stereocenters. The molecule has 0 heterocycles. The van der Waals surface area contributed by atoms with E-state index in [0.29, 0.717) is 12.8 Å². The molecule has 0 amide bonds. The van der Waals surface area contributed by atoms with Gasteiger partial charge in [0.1, 0.15) is 0 Å². The van der Waals surface area contributed by atoms with Crippen LogP contribution in [0.5, 0.6) is 0 Å². The zero-order chi connectivity index (χ0) is 16.7. The summed E-state index contributed by atoms with van der Waals surface area (Å²) in [6.07, 6.45) is 6.39. The van der Waals surface area contributed by atoms with Crippen LogP contribution in [-0.4, -0.2) is 42.3 Å². The third-order valence-corrected chi connectivity index (χ3v) is 4.66. The fraction of sp³-hybridized carbons (Fsp3) is 1.00. The van der Waals surface area contributed by atoms with E-state index in [9.17, 15) is 0 Å². The van der Waals surface area contributed by atoms with Crippen molar-refractivity contribution in [3.8, 4) is 0 Å². The van der Waals surface area contributed by atoms with Gasteiger partial charge in [-0.25, -0.2) is 0 Å². The maximum atomic E-state index is 6.16. The first-order valence-corrected chi connectivity index (χ1v) is 8.57. The third-order valence-electron chi connectivity index (χ3n) is 4.66. The first kappa shape index (κ1) is 19.8. The van der Waals surface area contributed by atoms with E-state index >= 15 is 0 Å². The standard InChI is InChI=1S/C15H37N7/c16-9-2-1-3-14(21)15(22)8-13(20)7-12(19)6-11(18)5-10(17)4-9/h9-15H,1-8,16-22H2. The molecule has 1 aliphatic rings. The van der Waals surface area contributed by atoms with Crippen molar-refractivity contribution < 1.29 is 0 Å². The summed E-state index contributed by atoms with van der Waals surface area (Å²) < 4.78 is 0. The van der Waals surface area contributed by atoms with E-state index in [-0.39, 0.29) is 42.3 Å². The van der Waals surface area contributed by atoms with E-state index in [1.807, 2.05) is 0 Å². The summed E-state index contributed by atoms with van der Waals surface area (Å²) in [6.45, 7) is 0. The zero-order valence-corrected chi connectivity index (χ0v) is 13.7. The molecule has 0 saturated heterocycles. The summed E-state index contributed by atoms with van der Waals surface area (Å²) in [6, 6.07) is -0.108. The van der Waals surface area contributed by atoms with Crippen molar-refractivity contribution in [2.45, 2.75) is 93.7 Å². The molecule has 1 aliphatic carbocycles. The minimum absolute atomic E-state index is 0.00883. The lowest BCUT2D eigenvalue weighted by Crippen LogP contribution is -2.46. The number of nitrogens with two attached hydrogens (primary N) is 7. The van der Waals surface area contributed by atoms with Gasteiger partial charge in [0.25, 0.3) is 0 Å². The Kier molecular flexibility index (Phi) is 8.78. The molecule has 0 bridgehead atoms. The number of hydrogen-bond acceptors (Lipinski definition) is 7. The first-order chi connectivity index (χ1) is 10.3. The van der Waals surface area contributed by atoms with Gasteiger partial charge in [-0.05, 0) is 44.9 Å². The largest absolute Gasteiger partial charge is 0.328 e. The van der Waals surface area contributed by atoms with Gasteiger partial charge >= 0.3 is 0 Å². The minimum atomic E-state index is -0.0977. The van der Waals surface area contributed by atoms with Crippen LogP contribution in [0.1, 0.15) is 51.4 Å². The Balaban J connectivity index is 2.64. The molecule has 0 spiro atoms. The van der Waals surface area contributed by atoms with Crippen molar-refractivity contribution in [2.24, 2.45) is 40.1 Å². The van der Waals surface area contributed by atoms with E-state index in [2.05, 4.69) is 0 Å². The predicted molar refractivity (Wildman–Crippen MR) is 92.8 cm³/mol. The molecule has 0 aromatic heterocycles. The fourth-order valence-electron chi connectivity index (χ4n) is 3.41. The van der Waals surface area contributed by atoms with Gasteiger partial charge in [-0.2, -0.15) is 0 Å². The van der Waals surface area contributed by atoms with E-state index in [1.54, 1.807) is 0 Å². The van der Waals surface area contributed by atoms with E-state index in [4.69, 9.17) is 40.1 Å². The second kappa shape index (κ2) is 9.77. The lowest BCUT2D eigenvalue weighted by molar-refractivity contribution is 0.381. The van der Waals surface area contributed by atoms with E-state index in [1.165, 1.54) is 0 Å². The van der Waals surface area contributed by atoms with Crippen LogP contribution in [0, 0.1) is 0 Å². The lowest BCUT2D eigenvalue weighted by atomic mass is 9.92. The molecule has 132 valence electrons. The topological polar surface area (TPSA) is 182 Å². The van der Waals surface area contributed by atoms with Gasteiger partial charge in [-0.15, -0.1) is 0 Å². The Labute approximate surface area is 134 Å². The van der Waals surface area contributed by atoms with Gasteiger partial charge in [0.05, 0.1) is 0 Å². The minimum Gasteiger partial charge on any atom is -0.328 e. The molecule has 0 radical (unpaired) electrons. The average molecular weight is 316 g/mol. The Bertz CT molecular complexity index is 302. The summed E-state index contributed by atoms with van der Waals surface area (Å²) in [7, 11) is 0. The molecule has 7 nitrogen and oxygen atoms in total. The zero-order valence-electron chi connectivity index (χ0n) is 13.7. The normalized spacial score (nSPS) is 44.0. The molecule has 1 rings (SSSR count). The lowest BCUT2D eigenvalue weighted by Gasteiger charge is -2.25. The SMILES string of the molecule is NC1CCCC(N)C(N)CC(N)CC(N)CC(N)CC(N)C1. The first-order valence-electron chi connectivity index (χ1n) is 8.57. The molecule has 1 saturated carbocycles. The highest BCUT2D eigenvalue weighted by Crippen LogP contribution is 2.15. The molecule has 0 aliphatic heterocycles. The van der Waals surface area contributed by atoms with Gasteiger partial charge in [0.15, 0.2) is 0 Å². The Morgan fingerprint density at radius 3 is 1.32 bits per heavy atom. The van der Waals surface area contributed by atoms with Gasteiger partial charge < -0.3 is 40.1 Å². The molecule has 14 N–H and O–H groups in total. The van der Waals surface area contributed by atoms with Gasteiger partial charge in [0.2, 0.25) is 0 Å². The molecule has 0 aromatic rings. The molecule has 7 heteroatoms. The van der Waals surface area contributed by atoms with Crippen molar-refractivity contribution in [3.05, 3.63) is 0 Å². The van der Waals surface area contributed by atoms with E-state index in [0.717, 1.165) is 38.5 Å². The Morgan fingerprint density at radius 2 is 0.818 bits per heavy atom. The highest BCUT2D eigenvalue weighted by atomic mass is 14.8. The molecular formula is C15H37N7. The molecule has 22 heavy (non-hydrogen) atoms. The summed E-state index contributed by atoms with van der Waals surface area (Å²) in [5.41, 5.74) is 43.1. The fourth-order valence-corrected chi connectivity index (χ4v) is 3.41. The van der Waals surface area contributed by atoms with Crippen LogP contribution < -0.4 is 40.1 Å². The predicted octanol–water partition coefficient (Wildman–Crippen LogP) is -1.59. The average Bonchev–Trinajstić information content (AvgIpc) is 2.36. The molecule has 0 aromatic carbocycles. The van der Waals surface area contributed by atoms with Crippen molar-refractivity contribution >= 4 is 0 Å². The quantitative estimate of drug-likeness (QED) is 0.281. The molecule has 7 unspecified atom stereocenters. The summed E-state index contributed by atoms with van der Waals surface area (Å²) >= 11 is 0. The molecular weight excluding hydrogens is 278 g/mol. The summed E-state index contributed by atoms with van der Waals surface area (Å²) in [5.74, 6) is 0. The second-order valence-corrected chi connectivity index (χ2v) is 7.24. The maximum Gasteiger partial charge on any atom is 0.0207 e. The number of rotatable bonds is 0. The Hall–Kier alpha value is -0.280. The van der Waals surface area contributed by atoms with Crippen LogP contribution in [0.15, 0.2) is 0 Å². The van der Waals surface area contributed by atoms with Crippen LogP contribution in [0.4, 0.5) is 0 Å². The summed E-state index contributed by atoms with van der Waals surface area (Å²) in [4.78, 5) is 0. The van der Waals surface area contributed by atoms with Crippen molar-refractivity contribution in [2.75, 3.05) is 0 Å². The second-order valence-electron chi connectivity index (χ2n) is 7.24. The Morgan fingerprint density at radius 1 is 0.409 bits per heavy atom. The van der Waals surface area contributed by atoms with Crippen LogP contribution in [0.2, 0.25) is 0 Å². The van der Waals surface area contributed by atoms with Crippen LogP contribution in [-0.2, 0) is 0 Å². The maximum absolute atomic E-state index is 6.16. The number of hydrogen-bond donors (Lipinski definition) is 7. The van der Waals surface area contributed by atoms with Crippen LogP contribution in [0.25, 0.3) is 0 Å². The van der Waals surface area contributed by atoms with E-state index < -0.39 is 0 Å². The highest BCUT2D eigenvalue weighted by molar-refractivity contribution is 4.85. The highest BCUT2D eigenvalue weighted by Gasteiger charge is 2.22. The van der Waals surface area contributed by atoms with Crippen LogP contribution >= 0.6 is 0 Å². The summed E-state index contributed by atoms with van der Waals surface area (Å²) in [5, 5.41) is 0. The van der Waals surface area contributed by atoms with Crippen LogP contribution in [0.3, 0.4) is 0 Å². The third kappa shape index (κ3) is 7.82. The van der Waals surface area contributed by atoms with Gasteiger partial charge in [-0.3, -0.25) is 0 Å².